The Morgan fingerprint density at radius 2 is 1.71 bits per heavy atom. The molecule has 2 aromatic carbocycles. The van der Waals surface area contributed by atoms with Gasteiger partial charge in [-0.05, 0) is 37.8 Å². The molecular formula is C17H18O4. The van der Waals surface area contributed by atoms with Crippen molar-refractivity contribution in [3.8, 4) is 5.75 Å². The largest absolute Gasteiger partial charge is 0.478 e. The molecule has 0 unspecified atom stereocenters. The molecule has 0 saturated carbocycles. The first-order chi connectivity index (χ1) is 9.86. The highest BCUT2D eigenvalue weighted by Gasteiger charge is 2.28. The van der Waals surface area contributed by atoms with Gasteiger partial charge in [0.15, 0.2) is 0 Å². The maximum Gasteiger partial charge on any atom is 0.336 e. The van der Waals surface area contributed by atoms with Crippen molar-refractivity contribution in [3.05, 3.63) is 42.0 Å². The van der Waals surface area contributed by atoms with Gasteiger partial charge in [-0.25, -0.2) is 4.79 Å². The van der Waals surface area contributed by atoms with Crippen LogP contribution in [0.2, 0.25) is 0 Å². The van der Waals surface area contributed by atoms with Crippen LogP contribution < -0.4 is 4.74 Å². The van der Waals surface area contributed by atoms with Crippen molar-refractivity contribution in [2.45, 2.75) is 27.2 Å². The lowest BCUT2D eigenvalue weighted by Gasteiger charge is -2.20. The molecule has 0 aliphatic heterocycles. The standard InChI is InChI=1S/C17H18O4/c1-4-17(2,3)16(20)21-14-10-6-7-11-12(14)8-5-9-13(11)15(18)19/h5-10H,4H2,1-3H3,(H,18,19). The van der Waals surface area contributed by atoms with Crippen LogP contribution in [0.4, 0.5) is 0 Å². The van der Waals surface area contributed by atoms with E-state index in [0.29, 0.717) is 22.9 Å². The summed E-state index contributed by atoms with van der Waals surface area (Å²) in [5.41, 5.74) is -0.382. The first-order valence-corrected chi connectivity index (χ1v) is 6.84. The Kier molecular flexibility index (Phi) is 3.98. The molecule has 0 saturated heterocycles. The minimum Gasteiger partial charge on any atom is -0.478 e. The van der Waals surface area contributed by atoms with E-state index < -0.39 is 11.4 Å². The lowest BCUT2D eigenvalue weighted by atomic mass is 9.90. The first-order valence-electron chi connectivity index (χ1n) is 6.84. The molecule has 0 heterocycles. The number of fused-ring (bicyclic) bond motifs is 1. The number of carbonyl (C=O) groups is 2. The van der Waals surface area contributed by atoms with Gasteiger partial charge in [-0.15, -0.1) is 0 Å². The zero-order valence-electron chi connectivity index (χ0n) is 12.3. The molecule has 2 aromatic rings. The van der Waals surface area contributed by atoms with E-state index in [1.165, 1.54) is 6.07 Å². The molecule has 110 valence electrons. The summed E-state index contributed by atoms with van der Waals surface area (Å²) in [6, 6.07) is 10.0. The van der Waals surface area contributed by atoms with Gasteiger partial charge < -0.3 is 9.84 Å². The Labute approximate surface area is 123 Å². The van der Waals surface area contributed by atoms with E-state index >= 15 is 0 Å². The third kappa shape index (κ3) is 2.89. The van der Waals surface area contributed by atoms with Gasteiger partial charge in [0.05, 0.1) is 11.0 Å². The van der Waals surface area contributed by atoms with Gasteiger partial charge in [0.25, 0.3) is 0 Å². The lowest BCUT2D eigenvalue weighted by Crippen LogP contribution is -2.28. The van der Waals surface area contributed by atoms with Crippen LogP contribution in [0.25, 0.3) is 10.8 Å². The van der Waals surface area contributed by atoms with Crippen LogP contribution in [0.3, 0.4) is 0 Å². The number of aromatic carboxylic acids is 1. The molecule has 0 fully saturated rings. The molecule has 0 aromatic heterocycles. The summed E-state index contributed by atoms with van der Waals surface area (Å²) in [7, 11) is 0. The SMILES string of the molecule is CCC(C)(C)C(=O)Oc1cccc2c(C(=O)O)cccc12. The summed E-state index contributed by atoms with van der Waals surface area (Å²) in [6.45, 7) is 5.57. The Hall–Kier alpha value is -2.36. The average Bonchev–Trinajstić information content (AvgIpc) is 2.46. The molecule has 0 bridgehead atoms. The van der Waals surface area contributed by atoms with Gasteiger partial charge in [0, 0.05) is 5.39 Å². The number of rotatable bonds is 4. The van der Waals surface area contributed by atoms with Crippen molar-refractivity contribution in [2.75, 3.05) is 0 Å². The summed E-state index contributed by atoms with van der Waals surface area (Å²) < 4.78 is 5.49. The zero-order chi connectivity index (χ0) is 15.6. The molecule has 0 aliphatic rings. The Bertz CT molecular complexity index is 701. The van der Waals surface area contributed by atoms with Crippen molar-refractivity contribution < 1.29 is 19.4 Å². The van der Waals surface area contributed by atoms with E-state index in [4.69, 9.17) is 4.74 Å². The van der Waals surface area contributed by atoms with Crippen LogP contribution in [0, 0.1) is 5.41 Å². The van der Waals surface area contributed by atoms with Crippen molar-refractivity contribution in [1.29, 1.82) is 0 Å². The van der Waals surface area contributed by atoms with Gasteiger partial charge in [-0.3, -0.25) is 4.79 Å². The molecule has 0 aliphatic carbocycles. The lowest BCUT2D eigenvalue weighted by molar-refractivity contribution is -0.144. The van der Waals surface area contributed by atoms with Gasteiger partial charge >= 0.3 is 11.9 Å². The highest BCUT2D eigenvalue weighted by atomic mass is 16.5. The predicted octanol–water partition coefficient (Wildman–Crippen LogP) is 3.88. The summed E-state index contributed by atoms with van der Waals surface area (Å²) in [6.07, 6.45) is 0.664. The molecule has 21 heavy (non-hydrogen) atoms. The highest BCUT2D eigenvalue weighted by molar-refractivity contribution is 6.05. The van der Waals surface area contributed by atoms with E-state index in [1.54, 1.807) is 30.3 Å². The number of hydrogen-bond donors (Lipinski definition) is 1. The van der Waals surface area contributed by atoms with Gasteiger partial charge in [-0.2, -0.15) is 0 Å². The number of benzene rings is 2. The smallest absolute Gasteiger partial charge is 0.336 e. The normalized spacial score (nSPS) is 11.4. The quantitative estimate of drug-likeness (QED) is 0.684. The minimum atomic E-state index is -1.00. The van der Waals surface area contributed by atoms with E-state index in [9.17, 15) is 14.7 Å². The molecule has 1 N–H and O–H groups in total. The van der Waals surface area contributed by atoms with Gasteiger partial charge in [-0.1, -0.05) is 31.2 Å². The molecule has 4 nitrogen and oxygen atoms in total. The van der Waals surface area contributed by atoms with Gasteiger partial charge in [0.2, 0.25) is 0 Å². The number of carboxylic acid groups (broad SMARTS) is 1. The summed E-state index contributed by atoms with van der Waals surface area (Å²) in [5.74, 6) is -0.932. The van der Waals surface area contributed by atoms with E-state index in [-0.39, 0.29) is 11.5 Å². The molecule has 0 atom stereocenters. The Morgan fingerprint density at radius 3 is 2.33 bits per heavy atom. The number of hydrogen-bond acceptors (Lipinski definition) is 3. The monoisotopic (exact) mass is 286 g/mol. The third-order valence-electron chi connectivity index (χ3n) is 3.75. The number of esters is 1. The highest BCUT2D eigenvalue weighted by Crippen LogP contribution is 2.30. The fourth-order valence-electron chi connectivity index (χ4n) is 1.94. The van der Waals surface area contributed by atoms with Crippen molar-refractivity contribution in [1.82, 2.24) is 0 Å². The first kappa shape index (κ1) is 15.0. The minimum absolute atomic E-state index is 0.195. The fraction of sp³-hybridized carbons (Fsp3) is 0.294. The number of ether oxygens (including phenoxy) is 1. The second-order valence-corrected chi connectivity index (χ2v) is 5.59. The molecule has 0 spiro atoms. The molecule has 0 radical (unpaired) electrons. The van der Waals surface area contributed by atoms with E-state index in [1.807, 2.05) is 20.8 Å². The third-order valence-corrected chi connectivity index (χ3v) is 3.75. The van der Waals surface area contributed by atoms with E-state index in [2.05, 4.69) is 0 Å². The van der Waals surface area contributed by atoms with E-state index in [0.717, 1.165) is 0 Å². The van der Waals surface area contributed by atoms with Gasteiger partial charge in [0.1, 0.15) is 5.75 Å². The maximum atomic E-state index is 12.2. The molecular weight excluding hydrogens is 268 g/mol. The van der Waals surface area contributed by atoms with Crippen LogP contribution in [0.15, 0.2) is 36.4 Å². The Balaban J connectivity index is 2.49. The predicted molar refractivity (Wildman–Crippen MR) is 80.6 cm³/mol. The molecule has 4 heteroatoms. The second kappa shape index (κ2) is 5.56. The van der Waals surface area contributed by atoms with Crippen molar-refractivity contribution in [2.24, 2.45) is 5.41 Å². The number of carboxylic acids is 1. The van der Waals surface area contributed by atoms with Crippen LogP contribution in [-0.4, -0.2) is 17.0 Å². The van der Waals surface area contributed by atoms with Crippen LogP contribution in [0.5, 0.6) is 5.75 Å². The maximum absolute atomic E-state index is 12.2. The molecule has 2 rings (SSSR count). The summed E-state index contributed by atoms with van der Waals surface area (Å²) in [4.78, 5) is 23.4. The fourth-order valence-corrected chi connectivity index (χ4v) is 1.94. The second-order valence-electron chi connectivity index (χ2n) is 5.59. The van der Waals surface area contributed by atoms with Crippen LogP contribution >= 0.6 is 0 Å². The summed E-state index contributed by atoms with van der Waals surface area (Å²) in [5, 5.41) is 10.4. The van der Waals surface area contributed by atoms with Crippen LogP contribution in [0.1, 0.15) is 37.6 Å². The number of carbonyl (C=O) groups excluding carboxylic acids is 1. The molecule has 0 amide bonds. The van der Waals surface area contributed by atoms with Crippen molar-refractivity contribution in [3.63, 3.8) is 0 Å². The topological polar surface area (TPSA) is 63.6 Å². The summed E-state index contributed by atoms with van der Waals surface area (Å²) >= 11 is 0. The van der Waals surface area contributed by atoms with Crippen molar-refractivity contribution >= 4 is 22.7 Å². The average molecular weight is 286 g/mol. The zero-order valence-corrected chi connectivity index (χ0v) is 12.3. The van der Waals surface area contributed by atoms with Crippen LogP contribution in [-0.2, 0) is 4.79 Å². The Morgan fingerprint density at radius 1 is 1.10 bits per heavy atom.